The highest BCUT2D eigenvalue weighted by Gasteiger charge is 2.59. The molecule has 66 heavy (non-hydrogen) atoms. The molecule has 5 aliphatic rings. The van der Waals surface area contributed by atoms with Crippen molar-refractivity contribution in [2.45, 2.75) is 253 Å². The first-order chi connectivity index (χ1) is 31.9. The summed E-state index contributed by atoms with van der Waals surface area (Å²) < 4.78 is 24.0. The van der Waals surface area contributed by atoms with E-state index >= 15 is 0 Å². The number of hydrogen-bond donors (Lipinski definition) is 0. The van der Waals surface area contributed by atoms with E-state index in [-0.39, 0.29) is 49.0 Å². The summed E-state index contributed by atoms with van der Waals surface area (Å²) in [6.45, 7) is 20.9. The smallest absolute Gasteiger partial charge is 0.306 e. The molecule has 1 aliphatic heterocycles. The zero-order valence-corrected chi connectivity index (χ0v) is 44.1. The van der Waals surface area contributed by atoms with E-state index in [1.54, 1.807) is 0 Å². The van der Waals surface area contributed by atoms with Gasteiger partial charge in [0.2, 0.25) is 0 Å². The van der Waals surface area contributed by atoms with Gasteiger partial charge in [-0.3, -0.25) is 14.5 Å². The van der Waals surface area contributed by atoms with E-state index in [9.17, 15) is 9.59 Å². The highest BCUT2D eigenvalue weighted by molar-refractivity contribution is 5.77. The number of rotatable bonds is 33. The van der Waals surface area contributed by atoms with Crippen molar-refractivity contribution < 1.29 is 28.5 Å². The summed E-state index contributed by atoms with van der Waals surface area (Å²) >= 11 is 0. The van der Waals surface area contributed by atoms with Gasteiger partial charge in [0.05, 0.1) is 32.2 Å². The second kappa shape index (κ2) is 29.5. The van der Waals surface area contributed by atoms with Crippen LogP contribution >= 0.6 is 0 Å². The van der Waals surface area contributed by atoms with Gasteiger partial charge in [-0.05, 0) is 150 Å². The fourth-order valence-corrected chi connectivity index (χ4v) is 14.0. The Balaban J connectivity index is 0.922. The predicted octanol–water partition coefficient (Wildman–Crippen LogP) is 15.2. The molecule has 7 heteroatoms. The van der Waals surface area contributed by atoms with Crippen molar-refractivity contribution in [2.24, 2.45) is 46.3 Å². The maximum Gasteiger partial charge on any atom is 0.306 e. The van der Waals surface area contributed by atoms with Crippen LogP contribution in [0.5, 0.6) is 0 Å². The van der Waals surface area contributed by atoms with Crippen molar-refractivity contribution in [2.75, 3.05) is 39.5 Å². The molecule has 380 valence electrons. The molecule has 0 spiro atoms. The molecule has 0 N–H and O–H groups in total. The summed E-state index contributed by atoms with van der Waals surface area (Å²) in [5, 5.41) is 0. The second-order valence-electron chi connectivity index (χ2n) is 23.4. The van der Waals surface area contributed by atoms with Crippen LogP contribution in [0.25, 0.3) is 0 Å². The van der Waals surface area contributed by atoms with Crippen LogP contribution in [-0.4, -0.2) is 74.6 Å². The number of esters is 2. The lowest BCUT2D eigenvalue weighted by Gasteiger charge is -2.58. The molecule has 0 amide bonds. The fraction of sp³-hybridized carbons (Fsp3) is 0.898. The van der Waals surface area contributed by atoms with E-state index in [0.717, 1.165) is 80.9 Å². The maximum atomic E-state index is 13.0. The third-order valence-electron chi connectivity index (χ3n) is 18.0. The van der Waals surface area contributed by atoms with Gasteiger partial charge in [-0.2, -0.15) is 0 Å². The summed E-state index contributed by atoms with van der Waals surface area (Å²) in [6, 6.07) is 0.557. The molecule has 5 rings (SSSR count). The van der Waals surface area contributed by atoms with Crippen molar-refractivity contribution in [1.82, 2.24) is 4.90 Å². The Labute approximate surface area is 406 Å². The molecule has 0 radical (unpaired) electrons. The van der Waals surface area contributed by atoms with E-state index in [0.29, 0.717) is 24.7 Å². The number of ether oxygens (including phenoxy) is 4. The fourth-order valence-electron chi connectivity index (χ4n) is 14.0. The first kappa shape index (κ1) is 55.2. The number of fused-ring (bicyclic) bond motifs is 5. The summed E-state index contributed by atoms with van der Waals surface area (Å²) in [5.41, 5.74) is 2.25. The zero-order chi connectivity index (χ0) is 47.2. The molecule has 4 fully saturated rings. The second-order valence-corrected chi connectivity index (χ2v) is 23.4. The van der Waals surface area contributed by atoms with Gasteiger partial charge in [0, 0.05) is 25.6 Å². The Bertz CT molecular complexity index is 1440. The Morgan fingerprint density at radius 3 is 2.20 bits per heavy atom. The van der Waals surface area contributed by atoms with E-state index in [1.807, 2.05) is 0 Å². The molecule has 1 saturated heterocycles. The largest absolute Gasteiger partial charge is 0.463 e. The Kier molecular flexibility index (Phi) is 24.7. The van der Waals surface area contributed by atoms with Crippen LogP contribution in [0.4, 0.5) is 0 Å². The van der Waals surface area contributed by atoms with Crippen molar-refractivity contribution >= 4 is 11.9 Å². The molecular weight excluding hydrogens is 819 g/mol. The lowest BCUT2D eigenvalue weighted by atomic mass is 9.47. The SMILES string of the molecule is CCCCCCCC/C=C\CCCCCCCCOC[C@@H](CN1CCC[C@@H]1C)OCCOC(=O)CCC(=O)O[C@H]1CC[C@@]2(C)C(=CCC3C2CC[C@@]2(C)C3CC[C@@H]2C(C)CCCC(C)C)C1. The average Bonchev–Trinajstić information content (AvgIpc) is 3.87. The number of hydrogen-bond acceptors (Lipinski definition) is 7. The van der Waals surface area contributed by atoms with Crippen molar-refractivity contribution in [1.29, 1.82) is 0 Å². The molecule has 7 nitrogen and oxygen atoms in total. The van der Waals surface area contributed by atoms with Gasteiger partial charge >= 0.3 is 11.9 Å². The standard InChI is InChI=1S/C59H103NO6/c1-8-9-10-11-12-13-14-15-16-17-18-19-20-21-22-23-40-63-45-51(44-60-39-25-28-48(60)5)64-41-42-65-56(61)33-34-57(62)66-50-35-37-58(6)49(43-50)29-30-52-54-32-31-53(47(4)27-24-26-46(2)3)59(54,7)38-36-55(52)58/h15-16,29,46-48,50-55H,8-14,17-28,30-45H2,1-7H3/b16-15-/t47?,48-,50-,51+,52?,53+,54?,55?,58-,59+/m0/s1. The minimum atomic E-state index is -0.364. The predicted molar refractivity (Wildman–Crippen MR) is 273 cm³/mol. The van der Waals surface area contributed by atoms with E-state index in [4.69, 9.17) is 18.9 Å². The van der Waals surface area contributed by atoms with Crippen LogP contribution in [0.3, 0.4) is 0 Å². The summed E-state index contributed by atoms with van der Waals surface area (Å²) in [6.07, 6.45) is 41.8. The first-order valence-corrected chi connectivity index (χ1v) is 28.6. The number of allylic oxidation sites excluding steroid dienone is 3. The Morgan fingerprint density at radius 1 is 0.773 bits per heavy atom. The lowest BCUT2D eigenvalue weighted by molar-refractivity contribution is -0.156. The van der Waals surface area contributed by atoms with Crippen LogP contribution in [0.2, 0.25) is 0 Å². The first-order valence-electron chi connectivity index (χ1n) is 28.6. The van der Waals surface area contributed by atoms with Crippen LogP contribution in [-0.2, 0) is 28.5 Å². The van der Waals surface area contributed by atoms with Gasteiger partial charge in [-0.25, -0.2) is 0 Å². The molecule has 0 bridgehead atoms. The van der Waals surface area contributed by atoms with Crippen LogP contribution in [0.15, 0.2) is 23.8 Å². The van der Waals surface area contributed by atoms with Crippen LogP contribution in [0, 0.1) is 46.3 Å². The molecule has 1 heterocycles. The van der Waals surface area contributed by atoms with Gasteiger partial charge in [0.15, 0.2) is 0 Å². The Morgan fingerprint density at radius 2 is 1.48 bits per heavy atom. The lowest BCUT2D eigenvalue weighted by Crippen LogP contribution is -2.51. The number of carbonyl (C=O) groups excluding carboxylic acids is 2. The summed E-state index contributed by atoms with van der Waals surface area (Å²) in [5.74, 6) is 4.27. The summed E-state index contributed by atoms with van der Waals surface area (Å²) in [7, 11) is 0. The van der Waals surface area contributed by atoms with Crippen molar-refractivity contribution in [3.63, 3.8) is 0 Å². The van der Waals surface area contributed by atoms with Crippen LogP contribution < -0.4 is 0 Å². The molecule has 0 aromatic rings. The minimum Gasteiger partial charge on any atom is -0.463 e. The molecule has 0 aromatic heterocycles. The molecule has 3 saturated carbocycles. The normalized spacial score (nSPS) is 29.7. The third-order valence-corrected chi connectivity index (χ3v) is 18.0. The molecular formula is C59H103NO6. The monoisotopic (exact) mass is 922 g/mol. The van der Waals surface area contributed by atoms with Gasteiger partial charge in [0.1, 0.15) is 12.7 Å². The van der Waals surface area contributed by atoms with Crippen molar-refractivity contribution in [3.8, 4) is 0 Å². The molecule has 4 aliphatic carbocycles. The maximum absolute atomic E-state index is 13.0. The van der Waals surface area contributed by atoms with Gasteiger partial charge in [0.25, 0.3) is 0 Å². The molecule has 10 atom stereocenters. The van der Waals surface area contributed by atoms with Crippen molar-refractivity contribution in [3.05, 3.63) is 23.8 Å². The average molecular weight is 922 g/mol. The molecule has 4 unspecified atom stereocenters. The topological polar surface area (TPSA) is 74.3 Å². The summed E-state index contributed by atoms with van der Waals surface area (Å²) in [4.78, 5) is 28.3. The number of likely N-dealkylation sites (tertiary alicyclic amines) is 1. The van der Waals surface area contributed by atoms with Gasteiger partial charge in [-0.1, -0.05) is 142 Å². The quantitative estimate of drug-likeness (QED) is 0.0369. The van der Waals surface area contributed by atoms with Gasteiger partial charge < -0.3 is 18.9 Å². The van der Waals surface area contributed by atoms with E-state index in [2.05, 4.69) is 71.6 Å². The number of carbonyl (C=O) groups is 2. The Hall–Kier alpha value is -1.70. The third kappa shape index (κ3) is 17.3. The highest BCUT2D eigenvalue weighted by atomic mass is 16.6. The number of nitrogens with zero attached hydrogens (tertiary/aromatic N) is 1. The minimum absolute atomic E-state index is 0.0431. The van der Waals surface area contributed by atoms with Crippen LogP contribution in [0.1, 0.15) is 235 Å². The zero-order valence-electron chi connectivity index (χ0n) is 44.1. The molecule has 0 aromatic carbocycles. The number of unbranched alkanes of at least 4 members (excludes halogenated alkanes) is 12. The van der Waals surface area contributed by atoms with Gasteiger partial charge in [-0.15, -0.1) is 0 Å². The van der Waals surface area contributed by atoms with E-state index in [1.165, 1.54) is 153 Å². The van der Waals surface area contributed by atoms with E-state index < -0.39 is 0 Å². The highest BCUT2D eigenvalue weighted by Crippen LogP contribution is 2.67.